The highest BCUT2D eigenvalue weighted by Gasteiger charge is 2.52. The van der Waals surface area contributed by atoms with E-state index in [4.69, 9.17) is 14.6 Å². The molecule has 0 saturated carbocycles. The zero-order valence-electron chi connectivity index (χ0n) is 14.6. The lowest BCUT2D eigenvalue weighted by Gasteiger charge is -2.32. The minimum atomic E-state index is -0.586. The summed E-state index contributed by atoms with van der Waals surface area (Å²) in [6.07, 6.45) is 4.90. The van der Waals surface area contributed by atoms with Crippen molar-refractivity contribution in [1.29, 1.82) is 5.26 Å². The monoisotopic (exact) mass is 328 g/mol. The van der Waals surface area contributed by atoms with Crippen LogP contribution >= 0.6 is 0 Å². The number of rotatable bonds is 4. The highest BCUT2D eigenvalue weighted by molar-refractivity contribution is 6.56. The van der Waals surface area contributed by atoms with E-state index in [9.17, 15) is 4.79 Å². The molecule has 0 bridgehead atoms. The van der Waals surface area contributed by atoms with E-state index in [-0.39, 0.29) is 18.3 Å². The van der Waals surface area contributed by atoms with Gasteiger partial charge in [0.25, 0.3) is 0 Å². The Morgan fingerprint density at radius 3 is 2.29 bits per heavy atom. The lowest BCUT2D eigenvalue weighted by atomic mass is 9.77. The molecule has 0 unspecified atom stereocenters. The Balaban J connectivity index is 2.29. The topological polar surface area (TPSA) is 97.1 Å². The van der Waals surface area contributed by atoms with Crippen molar-refractivity contribution >= 4 is 19.1 Å². The molecule has 7 nitrogen and oxygen atoms in total. The van der Waals surface area contributed by atoms with Crippen LogP contribution in [0.25, 0.3) is 6.08 Å². The lowest BCUT2D eigenvalue weighted by molar-refractivity contribution is -0.118. The van der Waals surface area contributed by atoms with Crippen LogP contribution in [0.3, 0.4) is 0 Å². The maximum Gasteiger partial charge on any atom is 0.492 e. The predicted molar refractivity (Wildman–Crippen MR) is 89.5 cm³/mol. The fourth-order valence-electron chi connectivity index (χ4n) is 2.11. The highest BCUT2D eigenvalue weighted by atomic mass is 16.7. The van der Waals surface area contributed by atoms with E-state index in [0.29, 0.717) is 5.56 Å². The second kappa shape index (κ2) is 6.71. The minimum absolute atomic E-state index is 0.103. The van der Waals surface area contributed by atoms with Crippen molar-refractivity contribution in [3.8, 4) is 6.07 Å². The number of carbonyl (C=O) groups excluding carboxylic acids is 1. The standard InChI is InChI=1S/C16H21BN4O3/c1-11(22)19-10-13(6-12-8-20-14(7-18)21-9-12)17-23-15(2,3)16(4,5)24-17/h6,8-9H,10H2,1-5H3,(H,19,22). The van der Waals surface area contributed by atoms with Crippen molar-refractivity contribution in [3.05, 3.63) is 29.3 Å². The number of hydrogen-bond donors (Lipinski definition) is 1. The van der Waals surface area contributed by atoms with Crippen LogP contribution in [0, 0.1) is 11.3 Å². The zero-order valence-corrected chi connectivity index (χ0v) is 14.6. The Kier molecular flexibility index (Phi) is 5.06. The summed E-state index contributed by atoms with van der Waals surface area (Å²) in [7, 11) is -0.586. The van der Waals surface area contributed by atoms with Gasteiger partial charge in [0.2, 0.25) is 11.7 Å². The van der Waals surface area contributed by atoms with Crippen molar-refractivity contribution in [1.82, 2.24) is 15.3 Å². The van der Waals surface area contributed by atoms with Gasteiger partial charge in [-0.05, 0) is 33.2 Å². The Morgan fingerprint density at radius 2 is 1.83 bits per heavy atom. The van der Waals surface area contributed by atoms with Crippen LogP contribution in [-0.2, 0) is 14.1 Å². The molecule has 126 valence electrons. The number of nitrogens with one attached hydrogen (secondary N) is 1. The average Bonchev–Trinajstić information content (AvgIpc) is 2.72. The molecule has 1 aromatic rings. The first-order valence-corrected chi connectivity index (χ1v) is 7.67. The third-order valence-electron chi connectivity index (χ3n) is 4.22. The van der Waals surface area contributed by atoms with E-state index in [1.807, 2.05) is 33.8 Å². The fraction of sp³-hybridized carbons (Fsp3) is 0.500. The van der Waals surface area contributed by atoms with Crippen LogP contribution < -0.4 is 5.32 Å². The van der Waals surface area contributed by atoms with E-state index < -0.39 is 18.3 Å². The number of aromatic nitrogens is 2. The predicted octanol–water partition coefficient (Wildman–Crippen LogP) is 1.50. The van der Waals surface area contributed by atoms with Crippen LogP contribution in [0.2, 0.25) is 0 Å². The molecule has 2 rings (SSSR count). The van der Waals surface area contributed by atoms with Crippen molar-refractivity contribution in [2.75, 3.05) is 6.54 Å². The van der Waals surface area contributed by atoms with Gasteiger partial charge in [0, 0.05) is 31.4 Å². The summed E-state index contributed by atoms with van der Waals surface area (Å²) in [5.41, 5.74) is 0.490. The number of hydrogen-bond acceptors (Lipinski definition) is 6. The van der Waals surface area contributed by atoms with Gasteiger partial charge in [0.05, 0.1) is 11.2 Å². The SMILES string of the molecule is CC(=O)NCC(=Cc1cnc(C#N)nc1)B1OC(C)(C)C(C)(C)O1. The summed E-state index contributed by atoms with van der Waals surface area (Å²) in [5.74, 6) is -0.0420. The maximum absolute atomic E-state index is 11.3. The van der Waals surface area contributed by atoms with Gasteiger partial charge >= 0.3 is 7.12 Å². The average molecular weight is 328 g/mol. The fourth-order valence-corrected chi connectivity index (χ4v) is 2.11. The van der Waals surface area contributed by atoms with Crippen molar-refractivity contribution in [2.45, 2.75) is 45.8 Å². The van der Waals surface area contributed by atoms with Gasteiger partial charge in [0.1, 0.15) is 6.07 Å². The molecule has 1 aromatic heterocycles. The molecule has 1 aliphatic rings. The first kappa shape index (κ1) is 18.1. The van der Waals surface area contributed by atoms with Gasteiger partial charge in [-0.1, -0.05) is 6.08 Å². The van der Waals surface area contributed by atoms with Crippen LogP contribution in [0.4, 0.5) is 0 Å². The summed E-state index contributed by atoms with van der Waals surface area (Å²) in [6, 6.07) is 1.87. The maximum atomic E-state index is 11.3. The molecular formula is C16H21BN4O3. The third kappa shape index (κ3) is 3.99. The van der Waals surface area contributed by atoms with Crippen LogP contribution in [0.1, 0.15) is 46.0 Å². The number of amides is 1. The molecule has 24 heavy (non-hydrogen) atoms. The molecule has 1 aliphatic heterocycles. The van der Waals surface area contributed by atoms with E-state index >= 15 is 0 Å². The molecular weight excluding hydrogens is 307 g/mol. The van der Waals surface area contributed by atoms with E-state index in [1.54, 1.807) is 18.5 Å². The smallest absolute Gasteiger partial charge is 0.400 e. The number of nitrogens with zero attached hydrogens (tertiary/aromatic N) is 3. The molecule has 8 heteroatoms. The summed E-state index contributed by atoms with van der Waals surface area (Å²) in [6.45, 7) is 9.60. The van der Waals surface area contributed by atoms with Gasteiger partial charge < -0.3 is 14.6 Å². The molecule has 1 N–H and O–H groups in total. The molecule has 0 atom stereocenters. The first-order chi connectivity index (χ1) is 11.1. The molecule has 0 aromatic carbocycles. The minimum Gasteiger partial charge on any atom is -0.400 e. The summed E-state index contributed by atoms with van der Waals surface area (Å²) < 4.78 is 12.1. The van der Waals surface area contributed by atoms with Crippen molar-refractivity contribution in [2.24, 2.45) is 0 Å². The highest BCUT2D eigenvalue weighted by Crippen LogP contribution is 2.38. The van der Waals surface area contributed by atoms with Gasteiger partial charge in [-0.25, -0.2) is 9.97 Å². The molecule has 0 aliphatic carbocycles. The van der Waals surface area contributed by atoms with Crippen LogP contribution in [-0.4, -0.2) is 40.7 Å². The van der Waals surface area contributed by atoms with E-state index in [2.05, 4.69) is 15.3 Å². The summed E-state index contributed by atoms with van der Waals surface area (Å²) >= 11 is 0. The molecule has 0 spiro atoms. The summed E-state index contributed by atoms with van der Waals surface area (Å²) in [4.78, 5) is 19.2. The second-order valence-electron chi connectivity index (χ2n) is 6.67. The lowest BCUT2D eigenvalue weighted by Crippen LogP contribution is -2.41. The van der Waals surface area contributed by atoms with Crippen molar-refractivity contribution in [3.63, 3.8) is 0 Å². The molecule has 2 heterocycles. The quantitative estimate of drug-likeness (QED) is 0.841. The van der Waals surface area contributed by atoms with E-state index in [0.717, 1.165) is 5.47 Å². The Hall–Kier alpha value is -2.24. The molecule has 1 fully saturated rings. The Labute approximate surface area is 142 Å². The Morgan fingerprint density at radius 1 is 1.29 bits per heavy atom. The summed E-state index contributed by atoms with van der Waals surface area (Å²) in [5, 5.41) is 11.5. The van der Waals surface area contributed by atoms with Gasteiger partial charge in [-0.15, -0.1) is 0 Å². The zero-order chi connectivity index (χ0) is 18.0. The normalized spacial score (nSPS) is 19.0. The number of nitriles is 1. The Bertz CT molecular complexity index is 676. The molecule has 0 radical (unpaired) electrons. The van der Waals surface area contributed by atoms with Crippen LogP contribution in [0.15, 0.2) is 17.9 Å². The molecule has 1 amide bonds. The van der Waals surface area contributed by atoms with Crippen molar-refractivity contribution < 1.29 is 14.1 Å². The number of carbonyl (C=O) groups is 1. The van der Waals surface area contributed by atoms with Crippen LogP contribution in [0.5, 0.6) is 0 Å². The molecule has 1 saturated heterocycles. The largest absolute Gasteiger partial charge is 0.492 e. The second-order valence-corrected chi connectivity index (χ2v) is 6.67. The third-order valence-corrected chi connectivity index (χ3v) is 4.22. The first-order valence-electron chi connectivity index (χ1n) is 7.67. The van der Waals surface area contributed by atoms with Gasteiger partial charge in [-0.3, -0.25) is 4.79 Å². The van der Waals surface area contributed by atoms with E-state index in [1.165, 1.54) is 6.92 Å². The van der Waals surface area contributed by atoms with Gasteiger partial charge in [-0.2, -0.15) is 5.26 Å². The van der Waals surface area contributed by atoms with Gasteiger partial charge in [0.15, 0.2) is 0 Å².